The van der Waals surface area contributed by atoms with Crippen LogP contribution in [-0.2, 0) is 0 Å². The fraction of sp³-hybridized carbons (Fsp3) is 0.200. The summed E-state index contributed by atoms with van der Waals surface area (Å²) < 4.78 is 0.954. The fourth-order valence-corrected chi connectivity index (χ4v) is 1.81. The van der Waals surface area contributed by atoms with Crippen molar-refractivity contribution < 1.29 is 0 Å². The molecule has 1 rings (SSSR count). The molecule has 0 spiro atoms. The van der Waals surface area contributed by atoms with Crippen molar-refractivity contribution in [3.05, 3.63) is 45.4 Å². The Labute approximate surface area is 91.7 Å². The summed E-state index contributed by atoms with van der Waals surface area (Å²) in [5.41, 5.74) is 7.71. The molecule has 0 aliphatic carbocycles. The number of nitrogens with two attached hydrogens (primary N) is 1. The second-order valence-corrected chi connectivity index (χ2v) is 4.31. The highest BCUT2D eigenvalue weighted by Crippen LogP contribution is 2.27. The minimum Gasteiger partial charge on any atom is -0.321 e. The van der Waals surface area contributed by atoms with Crippen molar-refractivity contribution in [1.29, 1.82) is 0 Å². The Morgan fingerprint density at radius 3 is 2.69 bits per heavy atom. The summed E-state index contributed by atoms with van der Waals surface area (Å²) in [5.74, 6) is 0. The van der Waals surface area contributed by atoms with Crippen LogP contribution in [0, 0.1) is 0 Å². The average molecular weight is 261 g/mol. The summed E-state index contributed by atoms with van der Waals surface area (Å²) in [6, 6.07) is 5.48. The molecular weight excluding hydrogens is 249 g/mol. The molecule has 0 saturated carbocycles. The molecule has 0 aliphatic heterocycles. The van der Waals surface area contributed by atoms with Gasteiger partial charge in [0.25, 0.3) is 0 Å². The van der Waals surface area contributed by atoms with E-state index in [1.54, 1.807) is 0 Å². The van der Waals surface area contributed by atoms with E-state index >= 15 is 0 Å². The first-order valence-corrected chi connectivity index (χ1v) is 5.05. The average Bonchev–Trinajstić information content (AvgIpc) is 2.03. The standard InChI is InChI=1S/C10H11BrClN/c1-6(2)10(13)8-4-3-7(11)5-9(8)12/h3-5,10H,1,13H2,2H3. The van der Waals surface area contributed by atoms with Gasteiger partial charge in [-0.3, -0.25) is 0 Å². The van der Waals surface area contributed by atoms with Crippen molar-refractivity contribution in [3.63, 3.8) is 0 Å². The Balaban J connectivity index is 3.08. The molecule has 0 bridgehead atoms. The molecule has 0 radical (unpaired) electrons. The lowest BCUT2D eigenvalue weighted by Gasteiger charge is -2.13. The number of hydrogen-bond acceptors (Lipinski definition) is 1. The summed E-state index contributed by atoms with van der Waals surface area (Å²) in [6.45, 7) is 5.69. The lowest BCUT2D eigenvalue weighted by molar-refractivity contribution is 0.851. The molecule has 0 aromatic heterocycles. The minimum absolute atomic E-state index is 0.180. The molecule has 13 heavy (non-hydrogen) atoms. The third-order valence-corrected chi connectivity index (χ3v) is 2.65. The van der Waals surface area contributed by atoms with Gasteiger partial charge in [-0.15, -0.1) is 0 Å². The highest BCUT2D eigenvalue weighted by atomic mass is 79.9. The van der Waals surface area contributed by atoms with Gasteiger partial charge in [0.2, 0.25) is 0 Å². The third-order valence-electron chi connectivity index (χ3n) is 1.83. The van der Waals surface area contributed by atoms with Gasteiger partial charge in [0, 0.05) is 9.50 Å². The molecule has 1 aromatic carbocycles. The molecule has 1 atom stereocenters. The molecule has 3 heteroatoms. The minimum atomic E-state index is -0.180. The van der Waals surface area contributed by atoms with E-state index in [1.807, 2.05) is 25.1 Å². The van der Waals surface area contributed by atoms with E-state index in [1.165, 1.54) is 0 Å². The molecule has 0 heterocycles. The van der Waals surface area contributed by atoms with E-state index in [9.17, 15) is 0 Å². The van der Waals surface area contributed by atoms with Gasteiger partial charge in [-0.1, -0.05) is 45.7 Å². The summed E-state index contributed by atoms with van der Waals surface area (Å²) in [7, 11) is 0. The van der Waals surface area contributed by atoms with E-state index in [-0.39, 0.29) is 6.04 Å². The van der Waals surface area contributed by atoms with E-state index < -0.39 is 0 Å². The Morgan fingerprint density at radius 1 is 1.62 bits per heavy atom. The molecule has 1 unspecified atom stereocenters. The lowest BCUT2D eigenvalue weighted by atomic mass is 10.0. The van der Waals surface area contributed by atoms with Crippen molar-refractivity contribution >= 4 is 27.5 Å². The first-order chi connectivity index (χ1) is 6.02. The number of benzene rings is 1. The predicted octanol–water partition coefficient (Wildman–Crippen LogP) is 3.68. The van der Waals surface area contributed by atoms with Crippen LogP contribution in [-0.4, -0.2) is 0 Å². The van der Waals surface area contributed by atoms with E-state index in [2.05, 4.69) is 22.5 Å². The zero-order valence-corrected chi connectivity index (χ0v) is 9.69. The van der Waals surface area contributed by atoms with Gasteiger partial charge < -0.3 is 5.73 Å². The quantitative estimate of drug-likeness (QED) is 0.807. The van der Waals surface area contributed by atoms with Crippen LogP contribution in [0.2, 0.25) is 5.02 Å². The van der Waals surface area contributed by atoms with Crippen LogP contribution in [0.4, 0.5) is 0 Å². The van der Waals surface area contributed by atoms with Gasteiger partial charge in [-0.2, -0.15) is 0 Å². The molecular formula is C10H11BrClN. The first-order valence-electron chi connectivity index (χ1n) is 3.88. The van der Waals surface area contributed by atoms with Crippen LogP contribution < -0.4 is 5.73 Å². The normalized spacial score (nSPS) is 12.6. The van der Waals surface area contributed by atoms with Crippen LogP contribution in [0.25, 0.3) is 0 Å². The third kappa shape index (κ3) is 2.56. The maximum atomic E-state index is 6.02. The second-order valence-electron chi connectivity index (χ2n) is 2.99. The highest BCUT2D eigenvalue weighted by molar-refractivity contribution is 9.10. The van der Waals surface area contributed by atoms with Crippen molar-refractivity contribution in [2.45, 2.75) is 13.0 Å². The zero-order chi connectivity index (χ0) is 10.0. The van der Waals surface area contributed by atoms with Gasteiger partial charge in [0.1, 0.15) is 0 Å². The molecule has 0 aliphatic rings. The molecule has 1 nitrogen and oxygen atoms in total. The zero-order valence-electron chi connectivity index (χ0n) is 7.35. The first kappa shape index (κ1) is 10.8. The van der Waals surface area contributed by atoms with Crippen LogP contribution >= 0.6 is 27.5 Å². The van der Waals surface area contributed by atoms with Crippen LogP contribution in [0.5, 0.6) is 0 Å². The number of rotatable bonds is 2. The summed E-state index contributed by atoms with van der Waals surface area (Å²) in [5, 5.41) is 0.671. The molecule has 0 fully saturated rings. The Kier molecular flexibility index (Phi) is 3.54. The molecule has 2 N–H and O–H groups in total. The molecule has 70 valence electrons. The van der Waals surface area contributed by atoms with Crippen LogP contribution in [0.15, 0.2) is 34.8 Å². The largest absolute Gasteiger partial charge is 0.321 e. The summed E-state index contributed by atoms with van der Waals surface area (Å²) in [6.07, 6.45) is 0. The van der Waals surface area contributed by atoms with Crippen molar-refractivity contribution in [3.8, 4) is 0 Å². The van der Waals surface area contributed by atoms with E-state index in [4.69, 9.17) is 17.3 Å². The lowest BCUT2D eigenvalue weighted by Crippen LogP contribution is -2.11. The second kappa shape index (κ2) is 4.27. The van der Waals surface area contributed by atoms with Gasteiger partial charge in [-0.25, -0.2) is 0 Å². The van der Waals surface area contributed by atoms with Crippen LogP contribution in [0.3, 0.4) is 0 Å². The van der Waals surface area contributed by atoms with Gasteiger partial charge in [-0.05, 0) is 24.6 Å². The highest BCUT2D eigenvalue weighted by Gasteiger charge is 2.10. The van der Waals surface area contributed by atoms with Gasteiger partial charge in [0.15, 0.2) is 0 Å². The molecule has 1 aromatic rings. The van der Waals surface area contributed by atoms with Gasteiger partial charge >= 0.3 is 0 Å². The number of halogens is 2. The molecule has 0 saturated heterocycles. The van der Waals surface area contributed by atoms with E-state index in [0.717, 1.165) is 15.6 Å². The maximum Gasteiger partial charge on any atom is 0.0520 e. The summed E-state index contributed by atoms with van der Waals surface area (Å²) in [4.78, 5) is 0. The monoisotopic (exact) mass is 259 g/mol. The number of hydrogen-bond donors (Lipinski definition) is 1. The van der Waals surface area contributed by atoms with Crippen molar-refractivity contribution in [2.75, 3.05) is 0 Å². The predicted molar refractivity (Wildman–Crippen MR) is 60.9 cm³/mol. The SMILES string of the molecule is C=C(C)C(N)c1ccc(Br)cc1Cl. The molecule has 0 amide bonds. The topological polar surface area (TPSA) is 26.0 Å². The van der Waals surface area contributed by atoms with Crippen LogP contribution in [0.1, 0.15) is 18.5 Å². The smallest absolute Gasteiger partial charge is 0.0520 e. The summed E-state index contributed by atoms with van der Waals surface area (Å²) >= 11 is 9.35. The maximum absolute atomic E-state index is 6.02. The fourth-order valence-electron chi connectivity index (χ4n) is 1.02. The Morgan fingerprint density at radius 2 is 2.23 bits per heavy atom. The van der Waals surface area contributed by atoms with Crippen molar-refractivity contribution in [1.82, 2.24) is 0 Å². The van der Waals surface area contributed by atoms with E-state index in [0.29, 0.717) is 5.02 Å². The van der Waals surface area contributed by atoms with Crippen molar-refractivity contribution in [2.24, 2.45) is 5.73 Å². The van der Waals surface area contributed by atoms with Gasteiger partial charge in [0.05, 0.1) is 6.04 Å². The Hall–Kier alpha value is -0.310. The Bertz CT molecular complexity index is 336.